The summed E-state index contributed by atoms with van der Waals surface area (Å²) < 4.78 is 5.22. The standard InChI is InChI=1S/C14H14N4O3/c1-10(13-7-4-8-20-13)15-14(19)9-21-18-12-6-3-2-5-11(12)16-17-18/h2-8,10H,9H2,1H3,(H,15,19)/t10-/m0/s1. The SMILES string of the molecule is C[C@H](NC(=O)COn1nnc2ccccc21)c1ccco1. The number of furan rings is 1. The number of fused-ring (bicyclic) bond motifs is 1. The van der Waals surface area contributed by atoms with Gasteiger partial charge in [-0.3, -0.25) is 4.79 Å². The van der Waals surface area contributed by atoms with Crippen LogP contribution in [-0.2, 0) is 4.79 Å². The molecular formula is C14H14N4O3. The first kappa shape index (κ1) is 13.2. The zero-order chi connectivity index (χ0) is 14.7. The van der Waals surface area contributed by atoms with Crippen molar-refractivity contribution >= 4 is 16.9 Å². The van der Waals surface area contributed by atoms with Crippen molar-refractivity contribution in [3.63, 3.8) is 0 Å². The van der Waals surface area contributed by atoms with E-state index < -0.39 is 0 Å². The van der Waals surface area contributed by atoms with Crippen molar-refractivity contribution in [2.75, 3.05) is 6.61 Å². The highest BCUT2D eigenvalue weighted by Crippen LogP contribution is 2.12. The fourth-order valence-electron chi connectivity index (χ4n) is 1.95. The molecule has 1 aromatic carbocycles. The van der Waals surface area contributed by atoms with Crippen molar-refractivity contribution in [1.29, 1.82) is 0 Å². The summed E-state index contributed by atoms with van der Waals surface area (Å²) in [5.74, 6) is 0.424. The maximum Gasteiger partial charge on any atom is 0.261 e. The van der Waals surface area contributed by atoms with Gasteiger partial charge in [-0.2, -0.15) is 0 Å². The second kappa shape index (κ2) is 5.66. The molecule has 1 N–H and O–H groups in total. The molecule has 3 aromatic rings. The summed E-state index contributed by atoms with van der Waals surface area (Å²) in [6.45, 7) is 1.68. The minimum Gasteiger partial charge on any atom is -0.467 e. The Morgan fingerprint density at radius 2 is 2.24 bits per heavy atom. The Bertz CT molecular complexity index is 736. The van der Waals surface area contributed by atoms with Gasteiger partial charge in [0.25, 0.3) is 5.91 Å². The van der Waals surface area contributed by atoms with Crippen molar-refractivity contribution in [3.05, 3.63) is 48.4 Å². The Labute approximate surface area is 120 Å². The highest BCUT2D eigenvalue weighted by atomic mass is 16.7. The summed E-state index contributed by atoms with van der Waals surface area (Å²) in [6.07, 6.45) is 1.57. The second-order valence-electron chi connectivity index (χ2n) is 4.53. The zero-order valence-electron chi connectivity index (χ0n) is 11.4. The Balaban J connectivity index is 1.58. The summed E-state index contributed by atoms with van der Waals surface area (Å²) >= 11 is 0. The number of amides is 1. The number of hydrogen-bond acceptors (Lipinski definition) is 5. The van der Waals surface area contributed by atoms with Gasteiger partial charge in [-0.25, -0.2) is 0 Å². The molecule has 0 saturated heterocycles. The number of aromatic nitrogens is 3. The molecule has 0 fully saturated rings. The Morgan fingerprint density at radius 1 is 1.38 bits per heavy atom. The van der Waals surface area contributed by atoms with Gasteiger partial charge in [-0.1, -0.05) is 17.0 Å². The number of nitrogens with zero attached hydrogens (tertiary/aromatic N) is 3. The van der Waals surface area contributed by atoms with Gasteiger partial charge in [0.15, 0.2) is 6.61 Å². The van der Waals surface area contributed by atoms with E-state index in [1.54, 1.807) is 18.4 Å². The van der Waals surface area contributed by atoms with Crippen molar-refractivity contribution in [2.45, 2.75) is 13.0 Å². The van der Waals surface area contributed by atoms with Crippen LogP contribution in [0.15, 0.2) is 47.1 Å². The maximum atomic E-state index is 11.8. The van der Waals surface area contributed by atoms with E-state index in [4.69, 9.17) is 9.25 Å². The molecule has 0 unspecified atom stereocenters. The summed E-state index contributed by atoms with van der Waals surface area (Å²) in [7, 11) is 0. The third-order valence-corrected chi connectivity index (χ3v) is 2.99. The van der Waals surface area contributed by atoms with Crippen molar-refractivity contribution < 1.29 is 14.0 Å². The Kier molecular flexibility index (Phi) is 3.55. The number of nitrogens with one attached hydrogen (secondary N) is 1. The lowest BCUT2D eigenvalue weighted by Gasteiger charge is -2.11. The number of rotatable bonds is 5. The molecule has 0 aliphatic carbocycles. The molecule has 0 aliphatic rings. The molecule has 108 valence electrons. The molecule has 0 saturated carbocycles. The lowest BCUT2D eigenvalue weighted by Crippen LogP contribution is -2.33. The first-order chi connectivity index (χ1) is 10.2. The highest BCUT2D eigenvalue weighted by Gasteiger charge is 2.13. The molecule has 2 heterocycles. The monoisotopic (exact) mass is 286 g/mol. The lowest BCUT2D eigenvalue weighted by molar-refractivity contribution is -0.127. The minimum atomic E-state index is -0.265. The second-order valence-corrected chi connectivity index (χ2v) is 4.53. The van der Waals surface area contributed by atoms with Crippen LogP contribution >= 0.6 is 0 Å². The van der Waals surface area contributed by atoms with E-state index in [0.717, 1.165) is 0 Å². The van der Waals surface area contributed by atoms with Crippen LogP contribution in [0.2, 0.25) is 0 Å². The lowest BCUT2D eigenvalue weighted by atomic mass is 10.2. The van der Waals surface area contributed by atoms with Gasteiger partial charge in [0.1, 0.15) is 16.8 Å². The third kappa shape index (κ3) is 2.86. The summed E-state index contributed by atoms with van der Waals surface area (Å²) in [6, 6.07) is 10.7. The van der Waals surface area contributed by atoms with Crippen LogP contribution in [0.3, 0.4) is 0 Å². The van der Waals surface area contributed by atoms with Gasteiger partial charge in [-0.15, -0.1) is 5.10 Å². The molecular weight excluding hydrogens is 272 g/mol. The third-order valence-electron chi connectivity index (χ3n) is 2.99. The fraction of sp³-hybridized carbons (Fsp3) is 0.214. The topological polar surface area (TPSA) is 82.2 Å². The Morgan fingerprint density at radius 3 is 3.05 bits per heavy atom. The normalized spacial score (nSPS) is 12.2. The van der Waals surface area contributed by atoms with Crippen LogP contribution in [0.4, 0.5) is 0 Å². The van der Waals surface area contributed by atoms with Gasteiger partial charge in [0, 0.05) is 0 Å². The van der Waals surface area contributed by atoms with Crippen LogP contribution in [0, 0.1) is 0 Å². The van der Waals surface area contributed by atoms with Gasteiger partial charge in [-0.05, 0) is 36.4 Å². The fourth-order valence-corrected chi connectivity index (χ4v) is 1.95. The average Bonchev–Trinajstić information content (AvgIpc) is 3.15. The smallest absolute Gasteiger partial charge is 0.261 e. The molecule has 1 amide bonds. The molecule has 21 heavy (non-hydrogen) atoms. The van der Waals surface area contributed by atoms with E-state index in [-0.39, 0.29) is 18.6 Å². The first-order valence-corrected chi connectivity index (χ1v) is 6.50. The van der Waals surface area contributed by atoms with Crippen LogP contribution < -0.4 is 10.2 Å². The molecule has 0 spiro atoms. The van der Waals surface area contributed by atoms with E-state index >= 15 is 0 Å². The Hall–Kier alpha value is -2.83. The van der Waals surface area contributed by atoms with Gasteiger partial charge in [0.05, 0.1) is 12.3 Å². The van der Waals surface area contributed by atoms with Crippen LogP contribution in [0.1, 0.15) is 18.7 Å². The van der Waals surface area contributed by atoms with Crippen LogP contribution in [0.25, 0.3) is 11.0 Å². The molecule has 1 atom stereocenters. The highest BCUT2D eigenvalue weighted by molar-refractivity contribution is 5.78. The predicted molar refractivity (Wildman–Crippen MR) is 74.2 cm³/mol. The van der Waals surface area contributed by atoms with Gasteiger partial charge < -0.3 is 14.6 Å². The van der Waals surface area contributed by atoms with E-state index in [1.807, 2.05) is 31.2 Å². The summed E-state index contributed by atoms with van der Waals surface area (Å²) in [5.41, 5.74) is 1.42. The van der Waals surface area contributed by atoms with Gasteiger partial charge in [0.2, 0.25) is 0 Å². The van der Waals surface area contributed by atoms with E-state index in [9.17, 15) is 4.79 Å². The van der Waals surface area contributed by atoms with Gasteiger partial charge >= 0.3 is 0 Å². The average molecular weight is 286 g/mol. The number of carbonyl (C=O) groups excluding carboxylic acids is 1. The zero-order valence-corrected chi connectivity index (χ0v) is 11.4. The number of para-hydroxylation sites is 1. The molecule has 2 aromatic heterocycles. The van der Waals surface area contributed by atoms with Crippen molar-refractivity contribution in [1.82, 2.24) is 20.5 Å². The van der Waals surface area contributed by atoms with Crippen LogP contribution in [0.5, 0.6) is 0 Å². The molecule has 0 radical (unpaired) electrons. The quantitative estimate of drug-likeness (QED) is 0.765. The summed E-state index contributed by atoms with van der Waals surface area (Å²) in [5, 5.41) is 10.6. The minimum absolute atomic E-state index is 0.154. The molecule has 7 nitrogen and oxygen atoms in total. The molecule has 0 bridgehead atoms. The van der Waals surface area contributed by atoms with E-state index in [0.29, 0.717) is 16.8 Å². The largest absolute Gasteiger partial charge is 0.467 e. The summed E-state index contributed by atoms with van der Waals surface area (Å²) in [4.78, 5) is 18.4. The number of benzene rings is 1. The van der Waals surface area contributed by atoms with E-state index in [1.165, 1.54) is 4.85 Å². The molecule has 0 aliphatic heterocycles. The van der Waals surface area contributed by atoms with E-state index in [2.05, 4.69) is 15.6 Å². The van der Waals surface area contributed by atoms with Crippen LogP contribution in [-0.4, -0.2) is 27.7 Å². The van der Waals surface area contributed by atoms with Crippen molar-refractivity contribution in [3.8, 4) is 0 Å². The number of hydrogen-bond donors (Lipinski definition) is 1. The molecule has 7 heteroatoms. The first-order valence-electron chi connectivity index (χ1n) is 6.50. The maximum absolute atomic E-state index is 11.8. The predicted octanol–water partition coefficient (Wildman–Crippen LogP) is 1.33. The number of carbonyl (C=O) groups is 1. The molecule has 3 rings (SSSR count). The van der Waals surface area contributed by atoms with Crippen molar-refractivity contribution in [2.24, 2.45) is 0 Å².